The fraction of sp³-hybridized carbons (Fsp3) is 0. The number of aromatic carboxylic acids is 1. The van der Waals surface area contributed by atoms with Crippen molar-refractivity contribution in [1.29, 1.82) is 0 Å². The van der Waals surface area contributed by atoms with Crippen LogP contribution < -0.4 is 0 Å². The number of carbonyl (C=O) groups is 1. The molecule has 3 heterocycles. The lowest BCUT2D eigenvalue weighted by Gasteiger charge is -2.00. The van der Waals surface area contributed by atoms with E-state index in [0.29, 0.717) is 5.78 Å². The second-order valence-corrected chi connectivity index (χ2v) is 5.66. The van der Waals surface area contributed by atoms with Crippen molar-refractivity contribution in [2.75, 3.05) is 0 Å². The number of benzene rings is 1. The van der Waals surface area contributed by atoms with E-state index in [4.69, 9.17) is 5.11 Å². The van der Waals surface area contributed by atoms with Gasteiger partial charge in [0, 0.05) is 17.1 Å². The first-order chi connectivity index (χ1) is 10.2. The summed E-state index contributed by atoms with van der Waals surface area (Å²) in [6.07, 6.45) is 3.15. The van der Waals surface area contributed by atoms with Gasteiger partial charge in [0.05, 0.1) is 10.6 Å². The van der Waals surface area contributed by atoms with Crippen LogP contribution in [0.4, 0.5) is 0 Å². The van der Waals surface area contributed by atoms with Gasteiger partial charge in [-0.3, -0.25) is 4.40 Å². The Morgan fingerprint density at radius 1 is 1.24 bits per heavy atom. The van der Waals surface area contributed by atoms with E-state index < -0.39 is 5.97 Å². The van der Waals surface area contributed by atoms with Crippen molar-refractivity contribution < 1.29 is 9.90 Å². The molecule has 1 aromatic carbocycles. The predicted molar refractivity (Wildman–Crippen MR) is 80.8 cm³/mol. The normalized spacial score (nSPS) is 11.2. The summed E-state index contributed by atoms with van der Waals surface area (Å²) in [6.45, 7) is 0. The van der Waals surface area contributed by atoms with Gasteiger partial charge in [-0.05, 0) is 23.6 Å². The highest BCUT2D eigenvalue weighted by atomic mass is 32.1. The van der Waals surface area contributed by atoms with Crippen LogP contribution in [0, 0.1) is 0 Å². The third-order valence-corrected chi connectivity index (χ3v) is 4.40. The van der Waals surface area contributed by atoms with Gasteiger partial charge in [-0.1, -0.05) is 18.2 Å². The summed E-state index contributed by atoms with van der Waals surface area (Å²) in [4.78, 5) is 20.2. The zero-order valence-electron chi connectivity index (χ0n) is 10.7. The van der Waals surface area contributed by atoms with Crippen LogP contribution in [0.15, 0.2) is 48.8 Å². The Labute approximate surface area is 123 Å². The van der Waals surface area contributed by atoms with Crippen LogP contribution in [0.2, 0.25) is 0 Å². The molecular weight excluding hydrogens is 286 g/mol. The Bertz CT molecular complexity index is 954. The second kappa shape index (κ2) is 4.39. The summed E-state index contributed by atoms with van der Waals surface area (Å²) in [7, 11) is 0. The first-order valence-corrected chi connectivity index (χ1v) is 7.10. The summed E-state index contributed by atoms with van der Waals surface area (Å²) >= 11 is 1.66. The molecule has 0 aliphatic heterocycles. The van der Waals surface area contributed by atoms with Crippen LogP contribution in [-0.2, 0) is 0 Å². The van der Waals surface area contributed by atoms with Crippen molar-refractivity contribution in [3.63, 3.8) is 0 Å². The molecule has 0 aliphatic carbocycles. The van der Waals surface area contributed by atoms with Gasteiger partial charge in [0.1, 0.15) is 0 Å². The van der Waals surface area contributed by atoms with Crippen LogP contribution in [0.1, 0.15) is 10.5 Å². The molecule has 0 aliphatic rings. The molecule has 4 rings (SSSR count). The molecule has 102 valence electrons. The molecule has 0 saturated heterocycles. The molecule has 0 unspecified atom stereocenters. The van der Waals surface area contributed by atoms with E-state index in [1.807, 2.05) is 18.2 Å². The third kappa shape index (κ3) is 1.88. The van der Waals surface area contributed by atoms with Gasteiger partial charge >= 0.3 is 5.97 Å². The van der Waals surface area contributed by atoms with Crippen LogP contribution >= 0.6 is 11.3 Å². The van der Waals surface area contributed by atoms with Gasteiger partial charge in [-0.25, -0.2) is 14.8 Å². The SMILES string of the molecule is O=C(O)c1cn2c(-c3cc4ccccc4s3)ccnc2n1. The standard InChI is InChI=1S/C15H9N3O2S/c19-14(20)10-8-18-11(5-6-16-15(18)17-10)13-7-9-3-1-2-4-12(9)21-13/h1-8H,(H,19,20). The first-order valence-electron chi connectivity index (χ1n) is 6.29. The van der Waals surface area contributed by atoms with Gasteiger partial charge in [0.2, 0.25) is 5.78 Å². The fourth-order valence-electron chi connectivity index (χ4n) is 2.31. The van der Waals surface area contributed by atoms with E-state index in [1.165, 1.54) is 16.3 Å². The maximum atomic E-state index is 11.1. The maximum absolute atomic E-state index is 11.1. The Morgan fingerprint density at radius 3 is 2.90 bits per heavy atom. The molecule has 3 aromatic heterocycles. The lowest BCUT2D eigenvalue weighted by molar-refractivity contribution is 0.0691. The van der Waals surface area contributed by atoms with E-state index >= 15 is 0 Å². The van der Waals surface area contributed by atoms with Gasteiger partial charge < -0.3 is 5.11 Å². The van der Waals surface area contributed by atoms with Crippen LogP contribution in [0.5, 0.6) is 0 Å². The van der Waals surface area contributed by atoms with Gasteiger partial charge in [-0.2, -0.15) is 0 Å². The third-order valence-electron chi connectivity index (χ3n) is 3.27. The van der Waals surface area contributed by atoms with Crippen molar-refractivity contribution in [2.24, 2.45) is 0 Å². The lowest BCUT2D eigenvalue weighted by Crippen LogP contribution is -1.95. The molecule has 4 aromatic rings. The topological polar surface area (TPSA) is 67.5 Å². The van der Waals surface area contributed by atoms with E-state index in [9.17, 15) is 4.79 Å². The molecule has 0 bridgehead atoms. The minimum absolute atomic E-state index is 0.00365. The number of rotatable bonds is 2. The monoisotopic (exact) mass is 295 g/mol. The number of aromatic nitrogens is 3. The number of hydrogen-bond donors (Lipinski definition) is 1. The van der Waals surface area contributed by atoms with Crippen LogP contribution in [-0.4, -0.2) is 25.4 Å². The second-order valence-electron chi connectivity index (χ2n) is 4.58. The van der Waals surface area contributed by atoms with Crippen molar-refractivity contribution in [3.8, 4) is 10.6 Å². The van der Waals surface area contributed by atoms with Crippen LogP contribution in [0.3, 0.4) is 0 Å². The predicted octanol–water partition coefficient (Wildman–Crippen LogP) is 3.31. The molecular formula is C15H9N3O2S. The van der Waals surface area contributed by atoms with Crippen molar-refractivity contribution in [1.82, 2.24) is 14.4 Å². The minimum atomic E-state index is -1.05. The van der Waals surface area contributed by atoms with E-state index in [1.54, 1.807) is 21.9 Å². The van der Waals surface area contributed by atoms with E-state index in [-0.39, 0.29) is 5.69 Å². The summed E-state index contributed by atoms with van der Waals surface area (Å²) in [5.41, 5.74) is 0.886. The molecule has 0 spiro atoms. The molecule has 21 heavy (non-hydrogen) atoms. The van der Waals surface area contributed by atoms with Crippen molar-refractivity contribution in [2.45, 2.75) is 0 Å². The number of carboxylic acids is 1. The van der Waals surface area contributed by atoms with Gasteiger partial charge in [0.15, 0.2) is 5.69 Å². The summed E-state index contributed by atoms with van der Waals surface area (Å²) in [5.74, 6) is -0.662. The minimum Gasteiger partial charge on any atom is -0.476 e. The van der Waals surface area contributed by atoms with Crippen molar-refractivity contribution >= 4 is 33.2 Å². The molecule has 0 saturated carbocycles. The average Bonchev–Trinajstić information content (AvgIpc) is 3.10. The highest BCUT2D eigenvalue weighted by molar-refractivity contribution is 7.22. The molecule has 1 N–H and O–H groups in total. The van der Waals surface area contributed by atoms with Crippen molar-refractivity contribution in [3.05, 3.63) is 54.5 Å². The first kappa shape index (κ1) is 12.0. The number of thiophene rings is 1. The highest BCUT2D eigenvalue weighted by Crippen LogP contribution is 2.33. The Morgan fingerprint density at radius 2 is 2.10 bits per heavy atom. The molecule has 0 amide bonds. The number of nitrogens with zero attached hydrogens (tertiary/aromatic N) is 3. The highest BCUT2D eigenvalue weighted by Gasteiger charge is 2.13. The van der Waals surface area contributed by atoms with Gasteiger partial charge in [0.25, 0.3) is 0 Å². The summed E-state index contributed by atoms with van der Waals surface area (Å²) in [6, 6.07) is 12.1. The maximum Gasteiger partial charge on any atom is 0.356 e. The van der Waals surface area contributed by atoms with Gasteiger partial charge in [-0.15, -0.1) is 11.3 Å². The Balaban J connectivity index is 1.98. The number of imidazole rings is 1. The number of carboxylic acid groups (broad SMARTS) is 1. The molecule has 0 atom stereocenters. The quantitative estimate of drug-likeness (QED) is 0.616. The number of hydrogen-bond acceptors (Lipinski definition) is 4. The smallest absolute Gasteiger partial charge is 0.356 e. The molecule has 0 radical (unpaired) electrons. The largest absolute Gasteiger partial charge is 0.476 e. The zero-order chi connectivity index (χ0) is 14.4. The fourth-order valence-corrected chi connectivity index (χ4v) is 3.39. The zero-order valence-corrected chi connectivity index (χ0v) is 11.5. The lowest BCUT2D eigenvalue weighted by atomic mass is 10.2. The van der Waals surface area contributed by atoms with E-state index in [0.717, 1.165) is 10.6 Å². The summed E-state index contributed by atoms with van der Waals surface area (Å²) < 4.78 is 2.91. The molecule has 5 nitrogen and oxygen atoms in total. The van der Waals surface area contributed by atoms with Crippen LogP contribution in [0.25, 0.3) is 26.4 Å². The summed E-state index contributed by atoms with van der Waals surface area (Å²) in [5, 5.41) is 10.2. The Hall–Kier alpha value is -2.73. The van der Waals surface area contributed by atoms with E-state index in [2.05, 4.69) is 28.2 Å². The average molecular weight is 295 g/mol. The Kier molecular flexibility index (Phi) is 2.52. The molecule has 0 fully saturated rings. The molecule has 6 heteroatoms. The number of fused-ring (bicyclic) bond motifs is 2.